The highest BCUT2D eigenvalue weighted by Gasteiger charge is 2.31. The molecule has 38 heavy (non-hydrogen) atoms. The number of methoxy groups -OCH3 is 1. The van der Waals surface area contributed by atoms with Crippen molar-refractivity contribution in [3.8, 4) is 0 Å². The van der Waals surface area contributed by atoms with E-state index >= 15 is 0 Å². The van der Waals surface area contributed by atoms with Crippen LogP contribution in [-0.2, 0) is 10.9 Å². The summed E-state index contributed by atoms with van der Waals surface area (Å²) in [6.07, 6.45) is 2.31. The minimum Gasteiger partial charge on any atom is -0.465 e. The van der Waals surface area contributed by atoms with Crippen LogP contribution in [0.15, 0.2) is 85.5 Å². The van der Waals surface area contributed by atoms with Crippen LogP contribution in [0.1, 0.15) is 33.1 Å². The Balaban J connectivity index is 0.000000255. The fourth-order valence-corrected chi connectivity index (χ4v) is 2.62. The quantitative estimate of drug-likeness (QED) is 0.290. The molecule has 4 aromatic rings. The standard InChI is InChI=1S/C7H6F3N.C7H10N2.C7H7NO2.C7H9N/c1-5-3-2-4-6(11-5)7(8,9)10;1-9(2)7-3-5-8-6-4-7;1-10-7(9)6-3-2-4-8-5-6;1-6-4-3-5-7(2)8-6/h2-4H,1H3;3-6H,1-2H3;2-5H,1H3;3-5H,1-2H3. The lowest BCUT2D eigenvalue weighted by atomic mass is 10.3. The lowest BCUT2D eigenvalue weighted by Crippen LogP contribution is -2.07. The molecule has 0 atom stereocenters. The van der Waals surface area contributed by atoms with Gasteiger partial charge in [-0.25, -0.2) is 9.78 Å². The number of hydrogen-bond donors (Lipinski definition) is 0. The maximum Gasteiger partial charge on any atom is 0.433 e. The number of carbonyl (C=O) groups is 1. The fraction of sp³-hybridized carbons (Fsp3) is 0.250. The monoisotopic (exact) mass is 527 g/mol. The predicted molar refractivity (Wildman–Crippen MR) is 142 cm³/mol. The van der Waals surface area contributed by atoms with Crippen molar-refractivity contribution in [3.05, 3.63) is 114 Å². The maximum atomic E-state index is 11.9. The molecule has 0 N–H and O–H groups in total. The Labute approximate surface area is 221 Å². The van der Waals surface area contributed by atoms with Gasteiger partial charge in [0.15, 0.2) is 0 Å². The molecule has 4 rings (SSSR count). The molecular formula is C28H32F3N5O2. The van der Waals surface area contributed by atoms with Gasteiger partial charge in [0.25, 0.3) is 0 Å². The van der Waals surface area contributed by atoms with Gasteiger partial charge in [0.05, 0.1) is 12.7 Å². The zero-order valence-corrected chi connectivity index (χ0v) is 22.3. The largest absolute Gasteiger partial charge is 0.465 e. The summed E-state index contributed by atoms with van der Waals surface area (Å²) >= 11 is 0. The third kappa shape index (κ3) is 13.1. The second-order valence-corrected chi connectivity index (χ2v) is 7.92. The Morgan fingerprint density at radius 2 is 1.32 bits per heavy atom. The number of halogens is 3. The van der Waals surface area contributed by atoms with E-state index in [1.165, 1.54) is 38.1 Å². The minimum atomic E-state index is -4.33. The molecule has 0 unspecified atom stereocenters. The Hall–Kier alpha value is -4.34. The Kier molecular flexibility index (Phi) is 13.7. The fourth-order valence-electron chi connectivity index (χ4n) is 2.62. The molecule has 0 aliphatic rings. The molecule has 0 radical (unpaired) electrons. The Morgan fingerprint density at radius 3 is 1.66 bits per heavy atom. The van der Waals surface area contributed by atoms with Crippen LogP contribution in [0.4, 0.5) is 18.9 Å². The lowest BCUT2D eigenvalue weighted by molar-refractivity contribution is -0.141. The Morgan fingerprint density at radius 1 is 0.763 bits per heavy atom. The molecule has 4 heterocycles. The van der Waals surface area contributed by atoms with Crippen molar-refractivity contribution in [2.45, 2.75) is 26.9 Å². The van der Waals surface area contributed by atoms with Gasteiger partial charge in [0.1, 0.15) is 5.69 Å². The number of alkyl halides is 3. The number of aryl methyl sites for hydroxylation is 3. The molecule has 7 nitrogen and oxygen atoms in total. The van der Waals surface area contributed by atoms with Crippen molar-refractivity contribution in [3.63, 3.8) is 0 Å². The van der Waals surface area contributed by atoms with Crippen molar-refractivity contribution < 1.29 is 22.7 Å². The Bertz CT molecular complexity index is 1200. The van der Waals surface area contributed by atoms with Gasteiger partial charge in [-0.3, -0.25) is 15.0 Å². The molecule has 0 fully saturated rings. The zero-order valence-electron chi connectivity index (χ0n) is 22.3. The first kappa shape index (κ1) is 31.7. The number of nitrogens with zero attached hydrogens (tertiary/aromatic N) is 5. The van der Waals surface area contributed by atoms with Crippen LogP contribution in [0.5, 0.6) is 0 Å². The van der Waals surface area contributed by atoms with Gasteiger partial charge in [-0.15, -0.1) is 0 Å². The van der Waals surface area contributed by atoms with Crippen LogP contribution in [0.25, 0.3) is 0 Å². The average Bonchev–Trinajstić information content (AvgIpc) is 2.90. The van der Waals surface area contributed by atoms with E-state index in [0.717, 1.165) is 17.5 Å². The van der Waals surface area contributed by atoms with E-state index in [0.29, 0.717) is 11.3 Å². The average molecular weight is 528 g/mol. The summed E-state index contributed by atoms with van der Waals surface area (Å²) in [5.41, 5.74) is 3.38. The summed E-state index contributed by atoms with van der Waals surface area (Å²) in [5.74, 6) is -0.354. The summed E-state index contributed by atoms with van der Waals surface area (Å²) in [6.45, 7) is 5.51. The van der Waals surface area contributed by atoms with Gasteiger partial charge in [-0.2, -0.15) is 13.2 Å². The molecule has 0 aliphatic carbocycles. The summed E-state index contributed by atoms with van der Waals surface area (Å²) < 4.78 is 40.2. The molecule has 0 aliphatic heterocycles. The second kappa shape index (κ2) is 16.4. The first-order chi connectivity index (χ1) is 17.9. The molecule has 0 aromatic carbocycles. The number of ether oxygens (including phenoxy) is 1. The van der Waals surface area contributed by atoms with Gasteiger partial charge in [-0.05, 0) is 69.3 Å². The van der Waals surface area contributed by atoms with Crippen molar-refractivity contribution in [1.29, 1.82) is 0 Å². The number of aromatic nitrogens is 4. The molecule has 0 saturated heterocycles. The molecule has 202 valence electrons. The third-order valence-corrected chi connectivity index (χ3v) is 4.47. The van der Waals surface area contributed by atoms with Crippen LogP contribution in [0.2, 0.25) is 0 Å². The summed E-state index contributed by atoms with van der Waals surface area (Å²) in [7, 11) is 5.36. The SMILES string of the molecule is CN(C)c1ccncc1.COC(=O)c1cccnc1.Cc1cccc(C(F)(F)F)n1.Cc1cccc(C)n1. The molecule has 0 bridgehead atoms. The normalized spacial score (nSPS) is 9.82. The summed E-state index contributed by atoms with van der Waals surface area (Å²) in [5, 5.41) is 0. The zero-order chi connectivity index (χ0) is 28.6. The molecule has 0 amide bonds. The van der Waals surface area contributed by atoms with Gasteiger partial charge in [-0.1, -0.05) is 12.1 Å². The van der Waals surface area contributed by atoms with Crippen LogP contribution >= 0.6 is 0 Å². The number of pyridine rings is 4. The number of anilines is 1. The maximum absolute atomic E-state index is 11.9. The second-order valence-electron chi connectivity index (χ2n) is 7.92. The van der Waals surface area contributed by atoms with Crippen LogP contribution in [0.3, 0.4) is 0 Å². The number of rotatable bonds is 2. The molecule has 0 spiro atoms. The van der Waals surface area contributed by atoms with E-state index in [1.54, 1.807) is 30.7 Å². The minimum absolute atomic E-state index is 0.354. The first-order valence-corrected chi connectivity index (χ1v) is 11.4. The number of carbonyl (C=O) groups excluding carboxylic acids is 1. The molecule has 10 heteroatoms. The number of hydrogen-bond acceptors (Lipinski definition) is 7. The van der Waals surface area contributed by atoms with E-state index in [9.17, 15) is 18.0 Å². The van der Waals surface area contributed by atoms with E-state index < -0.39 is 11.9 Å². The molecular weight excluding hydrogens is 495 g/mol. The van der Waals surface area contributed by atoms with E-state index in [4.69, 9.17) is 0 Å². The van der Waals surface area contributed by atoms with Crippen molar-refractivity contribution in [1.82, 2.24) is 19.9 Å². The topological polar surface area (TPSA) is 81.1 Å². The van der Waals surface area contributed by atoms with Gasteiger partial charge < -0.3 is 9.64 Å². The van der Waals surface area contributed by atoms with Gasteiger partial charge in [0, 0.05) is 61.7 Å². The van der Waals surface area contributed by atoms with Gasteiger partial charge in [0.2, 0.25) is 0 Å². The van der Waals surface area contributed by atoms with Crippen LogP contribution in [-0.4, -0.2) is 47.1 Å². The van der Waals surface area contributed by atoms with Crippen molar-refractivity contribution >= 4 is 11.7 Å². The molecule has 4 aromatic heterocycles. The van der Waals surface area contributed by atoms with Crippen molar-refractivity contribution in [2.75, 3.05) is 26.1 Å². The third-order valence-electron chi connectivity index (χ3n) is 4.47. The molecule has 0 saturated carbocycles. The smallest absolute Gasteiger partial charge is 0.433 e. The van der Waals surface area contributed by atoms with Gasteiger partial charge >= 0.3 is 12.1 Å². The van der Waals surface area contributed by atoms with Crippen molar-refractivity contribution in [2.24, 2.45) is 0 Å². The highest BCUT2D eigenvalue weighted by atomic mass is 19.4. The summed E-state index contributed by atoms with van der Waals surface area (Å²) in [4.78, 5) is 27.9. The highest BCUT2D eigenvalue weighted by molar-refractivity contribution is 5.88. The highest BCUT2D eigenvalue weighted by Crippen LogP contribution is 2.27. The lowest BCUT2D eigenvalue weighted by Gasteiger charge is -2.10. The number of esters is 1. The predicted octanol–water partition coefficient (Wildman–Crippen LogP) is 6.12. The van der Waals surface area contributed by atoms with Crippen LogP contribution in [0, 0.1) is 20.8 Å². The van der Waals surface area contributed by atoms with E-state index in [-0.39, 0.29) is 5.97 Å². The summed E-state index contributed by atoms with van der Waals surface area (Å²) in [6, 6.07) is 17.1. The van der Waals surface area contributed by atoms with Crippen LogP contribution < -0.4 is 4.90 Å². The van der Waals surface area contributed by atoms with E-state index in [2.05, 4.69) is 24.7 Å². The first-order valence-electron chi connectivity index (χ1n) is 11.4. The van der Waals surface area contributed by atoms with E-state index in [1.807, 2.05) is 63.2 Å².